The summed E-state index contributed by atoms with van der Waals surface area (Å²) in [6, 6.07) is 14.3. The first-order valence-electron chi connectivity index (χ1n) is 7.77. The van der Waals surface area contributed by atoms with Crippen LogP contribution < -0.4 is 10.4 Å². The van der Waals surface area contributed by atoms with Gasteiger partial charge in [0.2, 0.25) is 5.78 Å². The average molecular weight is 322 g/mol. The molecule has 3 rings (SSSR count). The molecule has 0 radical (unpaired) electrons. The number of hydrogen-bond donors (Lipinski definition) is 0. The van der Waals surface area contributed by atoms with E-state index in [9.17, 15) is 9.59 Å². The number of ether oxygens (including phenoxy) is 1. The van der Waals surface area contributed by atoms with Crippen molar-refractivity contribution in [3.05, 3.63) is 75.6 Å². The summed E-state index contributed by atoms with van der Waals surface area (Å²) in [4.78, 5) is 24.2. The van der Waals surface area contributed by atoms with Crippen LogP contribution in [0.15, 0.2) is 57.7 Å². The zero-order valence-electron chi connectivity index (χ0n) is 13.8. The molecule has 0 bridgehead atoms. The first-order valence-corrected chi connectivity index (χ1v) is 7.77. The summed E-state index contributed by atoms with van der Waals surface area (Å²) in [5.41, 5.74) is 2.19. The van der Waals surface area contributed by atoms with Crippen molar-refractivity contribution in [1.82, 2.24) is 0 Å². The van der Waals surface area contributed by atoms with Crippen LogP contribution in [0.4, 0.5) is 0 Å². The summed E-state index contributed by atoms with van der Waals surface area (Å²) < 4.78 is 11.1. The minimum absolute atomic E-state index is 0.0998. The van der Waals surface area contributed by atoms with E-state index in [2.05, 4.69) is 0 Å². The van der Waals surface area contributed by atoms with E-state index in [0.717, 1.165) is 10.9 Å². The van der Waals surface area contributed by atoms with Gasteiger partial charge in [-0.05, 0) is 38.5 Å². The van der Waals surface area contributed by atoms with Crippen molar-refractivity contribution in [3.63, 3.8) is 0 Å². The minimum Gasteiger partial charge on any atom is -0.482 e. The lowest BCUT2D eigenvalue weighted by atomic mass is 10.1. The first-order chi connectivity index (χ1) is 11.5. The Labute approximate surface area is 139 Å². The maximum Gasteiger partial charge on any atom is 0.339 e. The Kier molecular flexibility index (Phi) is 4.21. The molecular weight excluding hydrogens is 304 g/mol. The van der Waals surface area contributed by atoms with Gasteiger partial charge in [-0.15, -0.1) is 0 Å². The van der Waals surface area contributed by atoms with E-state index >= 15 is 0 Å². The van der Waals surface area contributed by atoms with Gasteiger partial charge in [-0.1, -0.05) is 30.3 Å². The van der Waals surface area contributed by atoms with Crippen LogP contribution in [0, 0.1) is 13.8 Å². The summed E-state index contributed by atoms with van der Waals surface area (Å²) in [7, 11) is 0. The first kappa shape index (κ1) is 16.0. The Morgan fingerprint density at radius 1 is 1.04 bits per heavy atom. The number of fused-ring (bicyclic) bond motifs is 1. The number of ketones is 1. The molecule has 4 heteroatoms. The van der Waals surface area contributed by atoms with E-state index in [1.54, 1.807) is 38.1 Å². The molecule has 1 atom stereocenters. The van der Waals surface area contributed by atoms with Gasteiger partial charge in [-0.2, -0.15) is 0 Å². The lowest BCUT2D eigenvalue weighted by molar-refractivity contribution is 0.0818. The fourth-order valence-electron chi connectivity index (χ4n) is 2.60. The van der Waals surface area contributed by atoms with Gasteiger partial charge in [0.25, 0.3) is 0 Å². The Morgan fingerprint density at radius 3 is 2.46 bits per heavy atom. The fourth-order valence-corrected chi connectivity index (χ4v) is 2.60. The van der Waals surface area contributed by atoms with E-state index in [1.807, 2.05) is 31.2 Å². The monoisotopic (exact) mass is 322 g/mol. The number of benzene rings is 2. The number of aryl methyl sites for hydroxylation is 1. The summed E-state index contributed by atoms with van der Waals surface area (Å²) in [5.74, 6) is 0.392. The van der Waals surface area contributed by atoms with E-state index in [4.69, 9.17) is 9.15 Å². The van der Waals surface area contributed by atoms with Gasteiger partial charge in [0.1, 0.15) is 11.3 Å². The van der Waals surface area contributed by atoms with Crippen molar-refractivity contribution in [1.29, 1.82) is 0 Å². The molecule has 0 N–H and O–H groups in total. The van der Waals surface area contributed by atoms with Gasteiger partial charge in [-0.25, -0.2) is 4.79 Å². The Bertz CT molecular complexity index is 955. The van der Waals surface area contributed by atoms with Crippen LogP contribution in [0.5, 0.6) is 5.75 Å². The highest BCUT2D eigenvalue weighted by atomic mass is 16.5. The second-order valence-corrected chi connectivity index (χ2v) is 5.79. The molecule has 0 aliphatic rings. The van der Waals surface area contributed by atoms with Crippen molar-refractivity contribution < 1.29 is 13.9 Å². The predicted octanol–water partition coefficient (Wildman–Crippen LogP) is 4.06. The largest absolute Gasteiger partial charge is 0.482 e. The summed E-state index contributed by atoms with van der Waals surface area (Å²) >= 11 is 0. The van der Waals surface area contributed by atoms with Crippen LogP contribution in [-0.4, -0.2) is 11.9 Å². The van der Waals surface area contributed by atoms with Crippen LogP contribution in [0.2, 0.25) is 0 Å². The molecule has 122 valence electrons. The van der Waals surface area contributed by atoms with Crippen molar-refractivity contribution in [3.8, 4) is 5.75 Å². The molecule has 2 aromatic carbocycles. The Hall–Kier alpha value is -2.88. The molecule has 0 saturated heterocycles. The molecule has 1 aromatic heterocycles. The molecule has 24 heavy (non-hydrogen) atoms. The lowest BCUT2D eigenvalue weighted by Crippen LogP contribution is -2.23. The molecule has 0 aliphatic carbocycles. The zero-order valence-corrected chi connectivity index (χ0v) is 13.8. The second kappa shape index (κ2) is 6.32. The van der Waals surface area contributed by atoms with Gasteiger partial charge in [0.15, 0.2) is 6.10 Å². The third kappa shape index (κ3) is 2.95. The summed E-state index contributed by atoms with van der Waals surface area (Å²) in [6.45, 7) is 5.33. The van der Waals surface area contributed by atoms with Crippen molar-refractivity contribution in [2.75, 3.05) is 0 Å². The molecule has 4 nitrogen and oxygen atoms in total. The SMILES string of the molecule is Cc1c(C)c2ccc(O[C@H](C)C(=O)c3ccccc3)cc2oc1=O. The lowest BCUT2D eigenvalue weighted by Gasteiger charge is -2.14. The normalized spacial score (nSPS) is 12.1. The molecule has 1 heterocycles. The maximum atomic E-state index is 12.4. The molecule has 0 spiro atoms. The summed E-state index contributed by atoms with van der Waals surface area (Å²) in [5, 5.41) is 0.862. The minimum atomic E-state index is -0.636. The number of carbonyl (C=O) groups excluding carboxylic acids is 1. The van der Waals surface area contributed by atoms with Crippen LogP contribution in [0.25, 0.3) is 11.0 Å². The van der Waals surface area contributed by atoms with Crippen LogP contribution in [-0.2, 0) is 0 Å². The van der Waals surface area contributed by atoms with E-state index in [0.29, 0.717) is 22.5 Å². The predicted molar refractivity (Wildman–Crippen MR) is 92.8 cm³/mol. The highest BCUT2D eigenvalue weighted by Gasteiger charge is 2.17. The molecular formula is C20H18O4. The molecule has 0 saturated carbocycles. The number of hydrogen-bond acceptors (Lipinski definition) is 4. The highest BCUT2D eigenvalue weighted by molar-refractivity contribution is 5.99. The molecule has 3 aromatic rings. The molecule has 0 aliphatic heterocycles. The van der Waals surface area contributed by atoms with Crippen LogP contribution >= 0.6 is 0 Å². The summed E-state index contributed by atoms with van der Waals surface area (Å²) in [6.07, 6.45) is -0.636. The zero-order chi connectivity index (χ0) is 17.3. The van der Waals surface area contributed by atoms with Crippen LogP contribution in [0.1, 0.15) is 28.4 Å². The van der Waals surface area contributed by atoms with Crippen LogP contribution in [0.3, 0.4) is 0 Å². The van der Waals surface area contributed by atoms with Gasteiger partial charge in [-0.3, -0.25) is 4.79 Å². The third-order valence-electron chi connectivity index (χ3n) is 4.17. The standard InChI is InChI=1S/C20H18O4/c1-12-13(2)20(22)24-18-11-16(9-10-17(12)18)23-14(3)19(21)15-7-5-4-6-8-15/h4-11,14H,1-3H3/t14-/m1/s1. The molecule has 0 fully saturated rings. The quantitative estimate of drug-likeness (QED) is 0.537. The fraction of sp³-hybridized carbons (Fsp3) is 0.200. The third-order valence-corrected chi connectivity index (χ3v) is 4.17. The number of Topliss-reactive ketones (excluding diaryl/α,β-unsaturated/α-hetero) is 1. The van der Waals surface area contributed by atoms with Gasteiger partial charge >= 0.3 is 5.63 Å². The topological polar surface area (TPSA) is 56.5 Å². The van der Waals surface area contributed by atoms with E-state index < -0.39 is 6.10 Å². The number of carbonyl (C=O) groups is 1. The average Bonchev–Trinajstić information content (AvgIpc) is 2.59. The van der Waals surface area contributed by atoms with Crippen molar-refractivity contribution >= 4 is 16.8 Å². The van der Waals surface area contributed by atoms with Gasteiger partial charge in [0, 0.05) is 22.6 Å². The number of rotatable bonds is 4. The van der Waals surface area contributed by atoms with Gasteiger partial charge in [0.05, 0.1) is 0 Å². The smallest absolute Gasteiger partial charge is 0.339 e. The second-order valence-electron chi connectivity index (χ2n) is 5.79. The van der Waals surface area contributed by atoms with Crippen molar-refractivity contribution in [2.45, 2.75) is 26.9 Å². The van der Waals surface area contributed by atoms with Gasteiger partial charge < -0.3 is 9.15 Å². The molecule has 0 unspecified atom stereocenters. The maximum absolute atomic E-state index is 12.4. The highest BCUT2D eigenvalue weighted by Crippen LogP contribution is 2.24. The van der Waals surface area contributed by atoms with E-state index in [1.165, 1.54) is 0 Å². The Morgan fingerprint density at radius 2 is 1.75 bits per heavy atom. The van der Waals surface area contributed by atoms with Crippen molar-refractivity contribution in [2.24, 2.45) is 0 Å². The van der Waals surface area contributed by atoms with E-state index in [-0.39, 0.29) is 11.4 Å². The molecule has 0 amide bonds. The Balaban J connectivity index is 1.89.